The van der Waals surface area contributed by atoms with Gasteiger partial charge in [0, 0.05) is 33.3 Å². The van der Waals surface area contributed by atoms with E-state index < -0.39 is 6.04 Å². The number of ether oxygens (including phenoxy) is 1. The minimum absolute atomic E-state index is 0.0301. The first-order valence-electron chi connectivity index (χ1n) is 10.6. The van der Waals surface area contributed by atoms with E-state index in [1.165, 1.54) is 7.11 Å². The van der Waals surface area contributed by atoms with Crippen LogP contribution in [0.15, 0.2) is 24.3 Å². The van der Waals surface area contributed by atoms with Gasteiger partial charge in [0.25, 0.3) is 5.91 Å². The lowest BCUT2D eigenvalue weighted by Gasteiger charge is -2.38. The van der Waals surface area contributed by atoms with Gasteiger partial charge in [0.15, 0.2) is 0 Å². The number of methoxy groups -OCH3 is 1. The molecular formula is C22H30ClN3O4. The second-order valence-electron chi connectivity index (χ2n) is 7.97. The van der Waals surface area contributed by atoms with Crippen molar-refractivity contribution in [1.29, 1.82) is 0 Å². The maximum absolute atomic E-state index is 13.3. The summed E-state index contributed by atoms with van der Waals surface area (Å²) in [6, 6.07) is 6.22. The average Bonchev–Trinajstić information content (AvgIpc) is 2.78. The molecule has 0 unspecified atom stereocenters. The van der Waals surface area contributed by atoms with Gasteiger partial charge in [0.1, 0.15) is 12.6 Å². The fraction of sp³-hybridized carbons (Fsp3) is 0.591. The monoisotopic (exact) mass is 435 g/mol. The van der Waals surface area contributed by atoms with E-state index in [0.29, 0.717) is 36.5 Å². The van der Waals surface area contributed by atoms with Crippen LogP contribution < -0.4 is 5.32 Å². The number of benzene rings is 1. The van der Waals surface area contributed by atoms with Gasteiger partial charge >= 0.3 is 0 Å². The van der Waals surface area contributed by atoms with Gasteiger partial charge in [0.2, 0.25) is 11.8 Å². The van der Waals surface area contributed by atoms with Crippen molar-refractivity contribution >= 4 is 29.3 Å². The normalized spacial score (nSPS) is 18.7. The van der Waals surface area contributed by atoms with Crippen LogP contribution >= 0.6 is 11.6 Å². The lowest BCUT2D eigenvalue weighted by atomic mass is 9.87. The summed E-state index contributed by atoms with van der Waals surface area (Å²) in [6.07, 6.45) is 4.41. The standard InChI is InChI=1S/C22H30ClN3O4/c1-30-15-19(27)25-13-9-16(10-14-25)20(22(29)26-11-5-2-6-12-26)24-21(28)17-7-3-4-8-18(17)23/h3-4,7-8,16,20H,2,5-6,9-15H2,1H3,(H,24,28)/t20-/m1/s1. The molecule has 2 saturated heterocycles. The zero-order valence-corrected chi connectivity index (χ0v) is 18.2. The molecule has 2 aliphatic rings. The van der Waals surface area contributed by atoms with Crippen LogP contribution in [-0.2, 0) is 14.3 Å². The minimum Gasteiger partial charge on any atom is -0.375 e. The molecule has 0 radical (unpaired) electrons. The molecule has 3 rings (SSSR count). The number of piperidine rings is 2. The van der Waals surface area contributed by atoms with Gasteiger partial charge in [-0.15, -0.1) is 0 Å². The smallest absolute Gasteiger partial charge is 0.253 e. The van der Waals surface area contributed by atoms with Crippen molar-refractivity contribution in [3.05, 3.63) is 34.9 Å². The highest BCUT2D eigenvalue weighted by atomic mass is 35.5. The molecule has 1 aromatic rings. The number of carbonyl (C=O) groups is 3. The van der Waals surface area contributed by atoms with E-state index in [1.807, 2.05) is 4.90 Å². The number of likely N-dealkylation sites (tertiary alicyclic amines) is 2. The number of rotatable bonds is 6. The Balaban J connectivity index is 1.73. The van der Waals surface area contributed by atoms with E-state index in [9.17, 15) is 14.4 Å². The van der Waals surface area contributed by atoms with Crippen molar-refractivity contribution in [3.8, 4) is 0 Å². The van der Waals surface area contributed by atoms with Crippen molar-refractivity contribution in [2.45, 2.75) is 38.1 Å². The van der Waals surface area contributed by atoms with E-state index in [4.69, 9.17) is 16.3 Å². The summed E-state index contributed by atoms with van der Waals surface area (Å²) < 4.78 is 4.94. The molecule has 1 N–H and O–H groups in total. The topological polar surface area (TPSA) is 79.0 Å². The van der Waals surface area contributed by atoms with Crippen molar-refractivity contribution in [2.75, 3.05) is 39.9 Å². The van der Waals surface area contributed by atoms with Gasteiger partial charge in [-0.25, -0.2) is 0 Å². The first-order valence-corrected chi connectivity index (χ1v) is 11.0. The number of halogens is 1. The van der Waals surface area contributed by atoms with E-state index in [2.05, 4.69) is 5.32 Å². The van der Waals surface area contributed by atoms with Crippen LogP contribution in [0.3, 0.4) is 0 Å². The summed E-state index contributed by atoms with van der Waals surface area (Å²) in [6.45, 7) is 2.62. The summed E-state index contributed by atoms with van der Waals surface area (Å²) in [5.74, 6) is -0.446. The van der Waals surface area contributed by atoms with Crippen LogP contribution in [0.2, 0.25) is 5.02 Å². The van der Waals surface area contributed by atoms with Crippen LogP contribution in [0, 0.1) is 5.92 Å². The molecule has 0 aliphatic carbocycles. The molecule has 0 saturated carbocycles. The summed E-state index contributed by atoms with van der Waals surface area (Å²) in [7, 11) is 1.50. The number of amides is 3. The largest absolute Gasteiger partial charge is 0.375 e. The Hall–Kier alpha value is -2.12. The lowest BCUT2D eigenvalue weighted by Crippen LogP contribution is -2.55. The molecule has 0 bridgehead atoms. The maximum Gasteiger partial charge on any atom is 0.253 e. The Morgan fingerprint density at radius 2 is 1.73 bits per heavy atom. The van der Waals surface area contributed by atoms with E-state index in [0.717, 1.165) is 32.4 Å². The SMILES string of the molecule is COCC(=O)N1CCC([C@@H](NC(=O)c2ccccc2Cl)C(=O)N2CCCCC2)CC1. The number of hydrogen-bond acceptors (Lipinski definition) is 4. The maximum atomic E-state index is 13.3. The van der Waals surface area contributed by atoms with Gasteiger partial charge in [-0.2, -0.15) is 0 Å². The van der Waals surface area contributed by atoms with Crippen molar-refractivity contribution < 1.29 is 19.1 Å². The zero-order chi connectivity index (χ0) is 21.5. The molecule has 2 aliphatic heterocycles. The molecule has 164 valence electrons. The predicted octanol–water partition coefficient (Wildman–Crippen LogP) is 2.34. The molecule has 1 atom stereocenters. The third-order valence-corrected chi connectivity index (χ3v) is 6.30. The number of hydrogen-bond donors (Lipinski definition) is 1. The Morgan fingerprint density at radius 3 is 2.37 bits per heavy atom. The fourth-order valence-corrected chi connectivity index (χ4v) is 4.48. The molecule has 7 nitrogen and oxygen atoms in total. The van der Waals surface area contributed by atoms with Gasteiger partial charge in [-0.1, -0.05) is 23.7 Å². The van der Waals surface area contributed by atoms with Crippen LogP contribution in [0.4, 0.5) is 0 Å². The van der Waals surface area contributed by atoms with Gasteiger partial charge in [-0.3, -0.25) is 14.4 Å². The highest BCUT2D eigenvalue weighted by molar-refractivity contribution is 6.33. The Labute approximate surface area is 182 Å². The molecule has 30 heavy (non-hydrogen) atoms. The van der Waals surface area contributed by atoms with Gasteiger partial charge in [0.05, 0.1) is 10.6 Å². The highest BCUT2D eigenvalue weighted by Crippen LogP contribution is 2.25. The molecule has 0 aromatic heterocycles. The molecule has 3 amide bonds. The zero-order valence-electron chi connectivity index (χ0n) is 17.4. The van der Waals surface area contributed by atoms with Crippen LogP contribution in [0.5, 0.6) is 0 Å². The Kier molecular flexibility index (Phi) is 8.10. The average molecular weight is 436 g/mol. The Bertz CT molecular complexity index is 759. The summed E-state index contributed by atoms with van der Waals surface area (Å²) in [5, 5.41) is 3.33. The van der Waals surface area contributed by atoms with Gasteiger partial charge < -0.3 is 19.9 Å². The molecule has 8 heteroatoms. The quantitative estimate of drug-likeness (QED) is 0.743. The van der Waals surface area contributed by atoms with Crippen LogP contribution in [0.1, 0.15) is 42.5 Å². The Morgan fingerprint density at radius 1 is 1.07 bits per heavy atom. The second-order valence-corrected chi connectivity index (χ2v) is 8.38. The predicted molar refractivity (Wildman–Crippen MR) is 114 cm³/mol. The van der Waals surface area contributed by atoms with E-state index in [1.54, 1.807) is 29.2 Å². The lowest BCUT2D eigenvalue weighted by molar-refractivity contribution is -0.138. The second kappa shape index (κ2) is 10.8. The summed E-state index contributed by atoms with van der Waals surface area (Å²) in [5.41, 5.74) is 0.364. The first kappa shape index (κ1) is 22.6. The molecular weight excluding hydrogens is 406 g/mol. The van der Waals surface area contributed by atoms with E-state index in [-0.39, 0.29) is 30.2 Å². The number of carbonyl (C=O) groups excluding carboxylic acids is 3. The highest BCUT2D eigenvalue weighted by Gasteiger charge is 2.36. The van der Waals surface area contributed by atoms with Crippen LogP contribution in [0.25, 0.3) is 0 Å². The summed E-state index contributed by atoms with van der Waals surface area (Å²) in [4.78, 5) is 42.0. The van der Waals surface area contributed by atoms with Crippen LogP contribution in [-0.4, -0.2) is 73.5 Å². The van der Waals surface area contributed by atoms with Gasteiger partial charge in [-0.05, 0) is 50.2 Å². The number of nitrogens with zero attached hydrogens (tertiary/aromatic N) is 2. The molecule has 2 heterocycles. The van der Waals surface area contributed by atoms with Crippen molar-refractivity contribution in [3.63, 3.8) is 0 Å². The number of nitrogens with one attached hydrogen (secondary N) is 1. The fourth-order valence-electron chi connectivity index (χ4n) is 4.25. The van der Waals surface area contributed by atoms with E-state index >= 15 is 0 Å². The summed E-state index contributed by atoms with van der Waals surface area (Å²) >= 11 is 6.19. The van der Waals surface area contributed by atoms with Crippen molar-refractivity contribution in [1.82, 2.24) is 15.1 Å². The third kappa shape index (κ3) is 5.52. The molecule has 1 aromatic carbocycles. The first-order chi connectivity index (χ1) is 14.5. The molecule has 2 fully saturated rings. The molecule has 0 spiro atoms. The minimum atomic E-state index is -0.619. The third-order valence-electron chi connectivity index (χ3n) is 5.97. The van der Waals surface area contributed by atoms with Crippen molar-refractivity contribution in [2.24, 2.45) is 5.92 Å².